The molecule has 4 rings (SSSR count). The molecule has 0 spiro atoms. The lowest BCUT2D eigenvalue weighted by molar-refractivity contribution is 0.496. The van der Waals surface area contributed by atoms with Gasteiger partial charge in [-0.1, -0.05) is 0 Å². The van der Waals surface area contributed by atoms with Gasteiger partial charge in [-0.2, -0.15) is 0 Å². The molecule has 4 aromatic rings. The molecule has 7 nitrogen and oxygen atoms in total. The molecule has 0 aliphatic rings. The number of furan rings is 1. The molecule has 110 valence electrons. The van der Waals surface area contributed by atoms with Crippen LogP contribution in [0.25, 0.3) is 22.9 Å². The Balaban J connectivity index is 1.77. The Morgan fingerprint density at radius 1 is 1.23 bits per heavy atom. The predicted octanol–water partition coefficient (Wildman–Crippen LogP) is 2.59. The third-order valence-electron chi connectivity index (χ3n) is 3.36. The van der Waals surface area contributed by atoms with Gasteiger partial charge < -0.3 is 13.3 Å². The number of rotatable bonds is 3. The van der Waals surface area contributed by atoms with E-state index in [2.05, 4.69) is 9.97 Å². The Labute approximate surface area is 123 Å². The third kappa shape index (κ3) is 1.95. The SMILES string of the molecule is Cc1oc(-c2ccco2)nc1Cn1c(=O)oc2cccnc21. The average molecular weight is 297 g/mol. The smallest absolute Gasteiger partial charge is 0.421 e. The summed E-state index contributed by atoms with van der Waals surface area (Å²) in [5.74, 6) is 1.06. The predicted molar refractivity (Wildman–Crippen MR) is 76.3 cm³/mol. The normalized spacial score (nSPS) is 11.3. The van der Waals surface area contributed by atoms with Gasteiger partial charge >= 0.3 is 5.76 Å². The number of pyridine rings is 1. The molecule has 0 saturated heterocycles. The molecule has 0 bridgehead atoms. The second-order valence-electron chi connectivity index (χ2n) is 4.78. The monoisotopic (exact) mass is 297 g/mol. The number of hydrogen-bond acceptors (Lipinski definition) is 6. The molecule has 0 atom stereocenters. The second kappa shape index (κ2) is 4.73. The number of aryl methyl sites for hydroxylation is 1. The van der Waals surface area contributed by atoms with E-state index in [9.17, 15) is 4.79 Å². The molecule has 0 saturated carbocycles. The van der Waals surface area contributed by atoms with Crippen LogP contribution in [0, 0.1) is 6.92 Å². The van der Waals surface area contributed by atoms with Gasteiger partial charge in [-0.3, -0.25) is 4.57 Å². The first kappa shape index (κ1) is 12.6. The zero-order valence-corrected chi connectivity index (χ0v) is 11.6. The standard InChI is InChI=1S/C15H11N3O4/c1-9-10(17-14(21-9)12-5-3-7-20-12)8-18-13-11(22-15(18)19)4-2-6-16-13/h2-7H,8H2,1H3. The van der Waals surface area contributed by atoms with Gasteiger partial charge in [-0.05, 0) is 31.2 Å². The van der Waals surface area contributed by atoms with Gasteiger partial charge in [-0.25, -0.2) is 14.8 Å². The molecule has 0 aliphatic carbocycles. The zero-order chi connectivity index (χ0) is 15.1. The van der Waals surface area contributed by atoms with Crippen LogP contribution in [-0.2, 0) is 6.54 Å². The first-order valence-electron chi connectivity index (χ1n) is 6.67. The van der Waals surface area contributed by atoms with Crippen molar-refractivity contribution in [1.29, 1.82) is 0 Å². The third-order valence-corrected chi connectivity index (χ3v) is 3.36. The molecular formula is C15H11N3O4. The molecular weight excluding hydrogens is 286 g/mol. The summed E-state index contributed by atoms with van der Waals surface area (Å²) in [7, 11) is 0. The van der Waals surface area contributed by atoms with Crippen molar-refractivity contribution < 1.29 is 13.3 Å². The lowest BCUT2D eigenvalue weighted by Gasteiger charge is -1.98. The molecule has 22 heavy (non-hydrogen) atoms. The highest BCUT2D eigenvalue weighted by Crippen LogP contribution is 2.23. The molecule has 7 heteroatoms. The fourth-order valence-corrected chi connectivity index (χ4v) is 2.27. The summed E-state index contributed by atoms with van der Waals surface area (Å²) < 4.78 is 17.4. The van der Waals surface area contributed by atoms with Crippen molar-refractivity contribution in [3.63, 3.8) is 0 Å². The van der Waals surface area contributed by atoms with Crippen LogP contribution in [0.3, 0.4) is 0 Å². The summed E-state index contributed by atoms with van der Waals surface area (Å²) >= 11 is 0. The Kier molecular flexibility index (Phi) is 2.72. The first-order chi connectivity index (χ1) is 10.7. The molecule has 0 radical (unpaired) electrons. The van der Waals surface area contributed by atoms with Crippen molar-refractivity contribution in [2.45, 2.75) is 13.5 Å². The van der Waals surface area contributed by atoms with Gasteiger partial charge in [0.1, 0.15) is 11.5 Å². The summed E-state index contributed by atoms with van der Waals surface area (Å²) in [4.78, 5) is 20.5. The lowest BCUT2D eigenvalue weighted by atomic mass is 10.3. The van der Waals surface area contributed by atoms with Gasteiger partial charge in [0.2, 0.25) is 0 Å². The minimum atomic E-state index is -0.476. The Morgan fingerprint density at radius 2 is 2.14 bits per heavy atom. The number of nitrogens with zero attached hydrogens (tertiary/aromatic N) is 3. The van der Waals surface area contributed by atoms with Crippen LogP contribution < -0.4 is 5.76 Å². The Morgan fingerprint density at radius 3 is 2.95 bits per heavy atom. The number of hydrogen-bond donors (Lipinski definition) is 0. The quantitative estimate of drug-likeness (QED) is 0.577. The minimum Gasteiger partial charge on any atom is -0.459 e. The summed E-state index contributed by atoms with van der Waals surface area (Å²) in [5.41, 5.74) is 1.55. The molecule has 0 aromatic carbocycles. The van der Waals surface area contributed by atoms with Gasteiger partial charge in [0.05, 0.1) is 12.8 Å². The summed E-state index contributed by atoms with van der Waals surface area (Å²) in [5, 5.41) is 0. The molecule has 4 aromatic heterocycles. The van der Waals surface area contributed by atoms with Gasteiger partial charge in [0, 0.05) is 6.20 Å². The molecule has 0 amide bonds. The van der Waals surface area contributed by atoms with E-state index < -0.39 is 5.76 Å². The van der Waals surface area contributed by atoms with E-state index in [0.29, 0.717) is 34.3 Å². The minimum absolute atomic E-state index is 0.221. The van der Waals surface area contributed by atoms with Crippen LogP contribution >= 0.6 is 0 Å². The first-order valence-corrected chi connectivity index (χ1v) is 6.67. The lowest BCUT2D eigenvalue weighted by Crippen LogP contribution is -2.16. The fraction of sp³-hybridized carbons (Fsp3) is 0.133. The van der Waals surface area contributed by atoms with Crippen LogP contribution in [0.1, 0.15) is 11.5 Å². The van der Waals surface area contributed by atoms with Crippen molar-refractivity contribution in [2.24, 2.45) is 0 Å². The number of oxazole rings is 2. The van der Waals surface area contributed by atoms with Crippen LogP contribution in [0.15, 0.2) is 54.8 Å². The largest absolute Gasteiger partial charge is 0.459 e. The van der Waals surface area contributed by atoms with Gasteiger partial charge in [0.15, 0.2) is 17.0 Å². The van der Waals surface area contributed by atoms with Crippen LogP contribution in [0.2, 0.25) is 0 Å². The van der Waals surface area contributed by atoms with Crippen molar-refractivity contribution >= 4 is 11.2 Å². The van der Waals surface area contributed by atoms with Crippen LogP contribution in [0.4, 0.5) is 0 Å². The maximum absolute atomic E-state index is 12.0. The highest BCUT2D eigenvalue weighted by atomic mass is 16.4. The number of fused-ring (bicyclic) bond motifs is 1. The second-order valence-corrected chi connectivity index (χ2v) is 4.78. The van der Waals surface area contributed by atoms with Crippen molar-refractivity contribution in [2.75, 3.05) is 0 Å². The van der Waals surface area contributed by atoms with E-state index in [-0.39, 0.29) is 6.54 Å². The highest BCUT2D eigenvalue weighted by Gasteiger charge is 2.17. The van der Waals surface area contributed by atoms with Crippen molar-refractivity contribution in [3.8, 4) is 11.7 Å². The summed E-state index contributed by atoms with van der Waals surface area (Å²) in [6.45, 7) is 2.01. The molecule has 4 heterocycles. The fourth-order valence-electron chi connectivity index (χ4n) is 2.27. The van der Waals surface area contributed by atoms with Crippen molar-refractivity contribution in [3.05, 3.63) is 58.7 Å². The van der Waals surface area contributed by atoms with E-state index in [1.807, 2.05) is 0 Å². The topological polar surface area (TPSA) is 87.2 Å². The van der Waals surface area contributed by atoms with E-state index in [0.717, 1.165) is 0 Å². The molecule has 0 fully saturated rings. The number of aromatic nitrogens is 3. The van der Waals surface area contributed by atoms with E-state index >= 15 is 0 Å². The van der Waals surface area contributed by atoms with E-state index in [4.69, 9.17) is 13.3 Å². The molecule has 0 unspecified atom stereocenters. The van der Waals surface area contributed by atoms with Crippen LogP contribution in [-0.4, -0.2) is 14.5 Å². The zero-order valence-electron chi connectivity index (χ0n) is 11.6. The maximum atomic E-state index is 12.0. The highest BCUT2D eigenvalue weighted by molar-refractivity contribution is 5.67. The Bertz CT molecular complexity index is 992. The summed E-state index contributed by atoms with van der Waals surface area (Å²) in [6, 6.07) is 6.93. The molecule has 0 N–H and O–H groups in total. The van der Waals surface area contributed by atoms with Gasteiger partial charge in [-0.15, -0.1) is 0 Å². The van der Waals surface area contributed by atoms with Gasteiger partial charge in [0.25, 0.3) is 5.89 Å². The summed E-state index contributed by atoms with van der Waals surface area (Å²) in [6.07, 6.45) is 3.16. The van der Waals surface area contributed by atoms with E-state index in [1.54, 1.807) is 43.6 Å². The maximum Gasteiger partial charge on any atom is 0.421 e. The molecule has 0 aliphatic heterocycles. The average Bonchev–Trinajstić information content (AvgIpc) is 3.21. The van der Waals surface area contributed by atoms with Crippen LogP contribution in [0.5, 0.6) is 0 Å². The Hall–Kier alpha value is -3.09. The van der Waals surface area contributed by atoms with E-state index in [1.165, 1.54) is 4.57 Å². The van der Waals surface area contributed by atoms with Crippen molar-refractivity contribution in [1.82, 2.24) is 14.5 Å².